The van der Waals surface area contributed by atoms with Crippen LogP contribution in [0.2, 0.25) is 0 Å². The molecule has 5 heteroatoms. The Morgan fingerprint density at radius 2 is 1.87 bits per heavy atom. The van der Waals surface area contributed by atoms with E-state index in [0.717, 1.165) is 5.03 Å². The molecule has 0 spiro atoms. The third kappa shape index (κ3) is 5.87. The topological polar surface area (TPSA) is 59.1 Å². The van der Waals surface area contributed by atoms with Crippen LogP contribution in [0.1, 0.15) is 30.6 Å². The summed E-state index contributed by atoms with van der Waals surface area (Å²) in [6, 6.07) is 12.6. The Kier molecular flexibility index (Phi) is 6.35. The van der Waals surface area contributed by atoms with Gasteiger partial charge in [-0.3, -0.25) is 9.59 Å². The number of thioether (sulfide) groups is 1. The molecule has 1 amide bonds. The van der Waals surface area contributed by atoms with Crippen LogP contribution < -0.4 is 5.32 Å². The van der Waals surface area contributed by atoms with Crippen LogP contribution in [0.15, 0.2) is 53.7 Å². The third-order valence-corrected chi connectivity index (χ3v) is 4.02. The number of amides is 1. The molecule has 0 atom stereocenters. The van der Waals surface area contributed by atoms with E-state index in [1.165, 1.54) is 11.8 Å². The van der Waals surface area contributed by atoms with Crippen molar-refractivity contribution in [2.75, 3.05) is 11.1 Å². The molecule has 0 aliphatic carbocycles. The maximum Gasteiger partial charge on any atom is 0.224 e. The lowest BCUT2D eigenvalue weighted by Crippen LogP contribution is -2.14. The van der Waals surface area contributed by atoms with Crippen LogP contribution in [0, 0.1) is 5.92 Å². The summed E-state index contributed by atoms with van der Waals surface area (Å²) in [5, 5.41) is 3.66. The van der Waals surface area contributed by atoms with Crippen LogP contribution in [-0.2, 0) is 4.79 Å². The Hall–Kier alpha value is -2.14. The Balaban J connectivity index is 1.88. The van der Waals surface area contributed by atoms with Crippen molar-refractivity contribution in [3.8, 4) is 0 Å². The van der Waals surface area contributed by atoms with Crippen molar-refractivity contribution in [2.24, 2.45) is 5.92 Å². The summed E-state index contributed by atoms with van der Waals surface area (Å²) in [4.78, 5) is 28.1. The summed E-state index contributed by atoms with van der Waals surface area (Å²) in [5.74, 6) is 0.695. The van der Waals surface area contributed by atoms with E-state index in [9.17, 15) is 9.59 Å². The molecule has 0 radical (unpaired) electrons. The lowest BCUT2D eigenvalue weighted by atomic mass is 10.1. The molecule has 1 aromatic carbocycles. The van der Waals surface area contributed by atoms with Crippen molar-refractivity contribution >= 4 is 29.1 Å². The second kappa shape index (κ2) is 8.48. The van der Waals surface area contributed by atoms with Crippen LogP contribution in [0.25, 0.3) is 0 Å². The van der Waals surface area contributed by atoms with Gasteiger partial charge in [0, 0.05) is 23.9 Å². The van der Waals surface area contributed by atoms with Gasteiger partial charge in [0.15, 0.2) is 5.78 Å². The molecular formula is C18H20N2O2S. The highest BCUT2D eigenvalue weighted by atomic mass is 32.2. The summed E-state index contributed by atoms with van der Waals surface area (Å²) in [7, 11) is 0. The van der Waals surface area contributed by atoms with Gasteiger partial charge in [-0.05, 0) is 42.3 Å². The van der Waals surface area contributed by atoms with Crippen LogP contribution >= 0.6 is 11.8 Å². The highest BCUT2D eigenvalue weighted by Crippen LogP contribution is 2.17. The van der Waals surface area contributed by atoms with Gasteiger partial charge in [0.05, 0.1) is 10.8 Å². The van der Waals surface area contributed by atoms with E-state index in [4.69, 9.17) is 0 Å². The Morgan fingerprint density at radius 3 is 2.48 bits per heavy atom. The van der Waals surface area contributed by atoms with E-state index >= 15 is 0 Å². The largest absolute Gasteiger partial charge is 0.326 e. The van der Waals surface area contributed by atoms with E-state index in [1.54, 1.807) is 30.5 Å². The second-order valence-corrected chi connectivity index (χ2v) is 6.60. The average molecular weight is 328 g/mol. The molecule has 120 valence electrons. The number of hydrogen-bond donors (Lipinski definition) is 1. The predicted molar refractivity (Wildman–Crippen MR) is 93.8 cm³/mol. The number of anilines is 1. The van der Waals surface area contributed by atoms with Gasteiger partial charge in [-0.25, -0.2) is 4.98 Å². The first-order chi connectivity index (χ1) is 11.0. The second-order valence-electron chi connectivity index (χ2n) is 5.60. The zero-order valence-corrected chi connectivity index (χ0v) is 14.1. The number of hydrogen-bond acceptors (Lipinski definition) is 4. The summed E-state index contributed by atoms with van der Waals surface area (Å²) >= 11 is 1.41. The van der Waals surface area contributed by atoms with Crippen LogP contribution in [0.4, 0.5) is 5.69 Å². The van der Waals surface area contributed by atoms with Gasteiger partial charge >= 0.3 is 0 Å². The number of pyridine rings is 1. The highest BCUT2D eigenvalue weighted by Gasteiger charge is 2.09. The molecule has 1 heterocycles. The normalized spacial score (nSPS) is 10.6. The molecule has 0 aliphatic heterocycles. The Labute approximate surface area is 140 Å². The van der Waals surface area contributed by atoms with Crippen molar-refractivity contribution in [1.29, 1.82) is 0 Å². The number of nitrogens with one attached hydrogen (secondary N) is 1. The van der Waals surface area contributed by atoms with E-state index in [1.807, 2.05) is 32.0 Å². The zero-order chi connectivity index (χ0) is 16.7. The van der Waals surface area contributed by atoms with Crippen molar-refractivity contribution in [1.82, 2.24) is 4.98 Å². The van der Waals surface area contributed by atoms with E-state index in [2.05, 4.69) is 10.3 Å². The lowest BCUT2D eigenvalue weighted by molar-refractivity contribution is -0.116. The molecular weight excluding hydrogens is 308 g/mol. The summed E-state index contributed by atoms with van der Waals surface area (Å²) in [5.41, 5.74) is 1.35. The first-order valence-corrected chi connectivity index (χ1v) is 8.50. The fourth-order valence-corrected chi connectivity index (χ4v) is 2.73. The summed E-state index contributed by atoms with van der Waals surface area (Å²) in [6.45, 7) is 4.00. The first kappa shape index (κ1) is 17.2. The number of Topliss-reactive ketones (excluding diaryl/α,β-unsaturated/α-hetero) is 1. The van der Waals surface area contributed by atoms with E-state index in [0.29, 0.717) is 29.3 Å². The molecule has 0 aliphatic rings. The van der Waals surface area contributed by atoms with Crippen molar-refractivity contribution < 1.29 is 9.59 Å². The molecule has 2 rings (SSSR count). The van der Waals surface area contributed by atoms with Gasteiger partial charge in [-0.1, -0.05) is 31.7 Å². The molecule has 0 fully saturated rings. The fourth-order valence-electron chi connectivity index (χ4n) is 1.98. The van der Waals surface area contributed by atoms with Gasteiger partial charge in [-0.15, -0.1) is 0 Å². The summed E-state index contributed by atoms with van der Waals surface area (Å²) < 4.78 is 0. The lowest BCUT2D eigenvalue weighted by Gasteiger charge is -2.08. The maximum atomic E-state index is 12.2. The van der Waals surface area contributed by atoms with Crippen LogP contribution in [0.3, 0.4) is 0 Å². The maximum absolute atomic E-state index is 12.2. The number of rotatable bonds is 7. The molecule has 1 N–H and O–H groups in total. The average Bonchev–Trinajstić information content (AvgIpc) is 2.53. The summed E-state index contributed by atoms with van der Waals surface area (Å²) in [6.07, 6.45) is 2.20. The van der Waals surface area contributed by atoms with Gasteiger partial charge in [-0.2, -0.15) is 0 Å². The molecule has 0 saturated heterocycles. The molecule has 1 aromatic heterocycles. The van der Waals surface area contributed by atoms with Crippen LogP contribution in [0.5, 0.6) is 0 Å². The van der Waals surface area contributed by atoms with Gasteiger partial charge < -0.3 is 5.32 Å². The van der Waals surface area contributed by atoms with Gasteiger partial charge in [0.2, 0.25) is 5.91 Å². The van der Waals surface area contributed by atoms with Crippen molar-refractivity contribution in [2.45, 2.75) is 25.3 Å². The fraction of sp³-hybridized carbons (Fsp3) is 0.278. The van der Waals surface area contributed by atoms with Crippen molar-refractivity contribution in [3.05, 3.63) is 54.2 Å². The van der Waals surface area contributed by atoms with E-state index < -0.39 is 0 Å². The molecule has 0 saturated carbocycles. The first-order valence-electron chi connectivity index (χ1n) is 7.51. The number of carbonyl (C=O) groups excluding carboxylic acids is 2. The molecule has 0 bridgehead atoms. The molecule has 0 unspecified atom stereocenters. The molecule has 23 heavy (non-hydrogen) atoms. The number of carbonyl (C=O) groups is 2. The smallest absolute Gasteiger partial charge is 0.224 e. The number of ketones is 1. The van der Waals surface area contributed by atoms with Crippen molar-refractivity contribution in [3.63, 3.8) is 0 Å². The highest BCUT2D eigenvalue weighted by molar-refractivity contribution is 7.99. The third-order valence-electron chi connectivity index (χ3n) is 3.07. The quantitative estimate of drug-likeness (QED) is 0.615. The number of nitrogens with zero attached hydrogens (tertiary/aromatic N) is 1. The minimum Gasteiger partial charge on any atom is -0.326 e. The Morgan fingerprint density at radius 1 is 1.13 bits per heavy atom. The standard InChI is InChI=1S/C18H20N2O2S/c1-13(2)11-17(22)20-15-8-6-14(7-9-15)16(21)12-23-18-5-3-4-10-19-18/h3-10,13H,11-12H2,1-2H3,(H,20,22). The molecule has 2 aromatic rings. The zero-order valence-electron chi connectivity index (χ0n) is 13.3. The number of benzene rings is 1. The van der Waals surface area contributed by atoms with E-state index in [-0.39, 0.29) is 11.7 Å². The minimum absolute atomic E-state index is 0.00946. The van der Waals surface area contributed by atoms with Crippen LogP contribution in [-0.4, -0.2) is 22.4 Å². The van der Waals surface area contributed by atoms with Gasteiger partial charge in [0.1, 0.15) is 0 Å². The predicted octanol–water partition coefficient (Wildman–Crippen LogP) is 4.04. The van der Waals surface area contributed by atoms with Gasteiger partial charge in [0.25, 0.3) is 0 Å². The number of aromatic nitrogens is 1. The monoisotopic (exact) mass is 328 g/mol. The molecule has 4 nitrogen and oxygen atoms in total. The Bertz CT molecular complexity index is 654. The SMILES string of the molecule is CC(C)CC(=O)Nc1ccc(C(=O)CSc2ccccn2)cc1. The minimum atomic E-state index is -0.00946.